The number of aromatic nitrogens is 4. The summed E-state index contributed by atoms with van der Waals surface area (Å²) in [6.45, 7) is 0. The molecule has 7 heteroatoms. The summed E-state index contributed by atoms with van der Waals surface area (Å²) in [7, 11) is 0. The van der Waals surface area contributed by atoms with Crippen molar-refractivity contribution < 1.29 is 21.1 Å². The van der Waals surface area contributed by atoms with E-state index < -0.39 is 0 Å². The van der Waals surface area contributed by atoms with Gasteiger partial charge in [0.2, 0.25) is 0 Å². The van der Waals surface area contributed by atoms with Gasteiger partial charge in [-0.2, -0.15) is 46.6 Å². The van der Waals surface area contributed by atoms with E-state index in [1.807, 2.05) is 69.5 Å². The molecule has 0 spiro atoms. The average Bonchev–Trinajstić information content (AvgIpc) is 3.49. The maximum atomic E-state index is 4.37. The zero-order valence-electron chi connectivity index (χ0n) is 15.5. The minimum atomic E-state index is -0.232. The Labute approximate surface area is 193 Å². The zero-order valence-corrected chi connectivity index (χ0v) is 19.4. The standard InChI is InChI=1S/C22H18N4S2.Pt/c1-6-18(16-20(8-1)25-12-3-10-23-25)22(27-14-5-15-28-22)19-7-2-9-21(17-19)26-13-4-11-24-26;/h1-4,6-13H,5,14-15H2;/q-2;+2. The Morgan fingerprint density at radius 1 is 0.759 bits per heavy atom. The van der Waals surface area contributed by atoms with E-state index in [2.05, 4.69) is 46.6 Å². The van der Waals surface area contributed by atoms with Crippen molar-refractivity contribution in [1.29, 1.82) is 0 Å². The third-order valence-electron chi connectivity index (χ3n) is 4.67. The molecule has 2 aromatic carbocycles. The van der Waals surface area contributed by atoms with Crippen molar-refractivity contribution in [2.24, 2.45) is 0 Å². The van der Waals surface area contributed by atoms with Crippen molar-refractivity contribution in [2.45, 2.75) is 10.5 Å². The maximum absolute atomic E-state index is 4.37. The molecule has 0 N–H and O–H groups in total. The van der Waals surface area contributed by atoms with Crippen LogP contribution in [0.25, 0.3) is 11.4 Å². The van der Waals surface area contributed by atoms with E-state index in [1.54, 1.807) is 12.4 Å². The summed E-state index contributed by atoms with van der Waals surface area (Å²) in [5, 5.41) is 8.74. The van der Waals surface area contributed by atoms with Crippen molar-refractivity contribution in [3.8, 4) is 11.4 Å². The number of thioether (sulfide) groups is 2. The largest absolute Gasteiger partial charge is 2.00 e. The average molecular weight is 598 g/mol. The van der Waals surface area contributed by atoms with Crippen LogP contribution < -0.4 is 0 Å². The Balaban J connectivity index is 0.00000205. The first-order valence-electron chi connectivity index (χ1n) is 9.19. The van der Waals surface area contributed by atoms with Gasteiger partial charge in [0.1, 0.15) is 0 Å². The fourth-order valence-corrected chi connectivity index (χ4v) is 6.64. The minimum Gasteiger partial charge on any atom is -0.266 e. The molecule has 1 aliphatic rings. The molecule has 0 bridgehead atoms. The predicted molar refractivity (Wildman–Crippen MR) is 115 cm³/mol. The van der Waals surface area contributed by atoms with Gasteiger partial charge in [-0.1, -0.05) is 0 Å². The van der Waals surface area contributed by atoms with E-state index >= 15 is 0 Å². The monoisotopic (exact) mass is 597 g/mol. The number of rotatable bonds is 4. The van der Waals surface area contributed by atoms with E-state index in [0.717, 1.165) is 34.0 Å². The van der Waals surface area contributed by atoms with Crippen LogP contribution in [-0.2, 0) is 25.1 Å². The summed E-state index contributed by atoms with van der Waals surface area (Å²) in [5.41, 5.74) is 4.22. The molecule has 5 rings (SSSR count). The van der Waals surface area contributed by atoms with Gasteiger partial charge in [0.25, 0.3) is 0 Å². The van der Waals surface area contributed by atoms with Crippen molar-refractivity contribution in [2.75, 3.05) is 11.5 Å². The zero-order chi connectivity index (χ0) is 18.8. The third-order valence-corrected chi connectivity index (χ3v) is 8.06. The number of nitrogens with zero attached hydrogens (tertiary/aromatic N) is 4. The van der Waals surface area contributed by atoms with E-state index in [-0.39, 0.29) is 25.1 Å². The van der Waals surface area contributed by atoms with Crippen LogP contribution in [0.1, 0.15) is 17.5 Å². The van der Waals surface area contributed by atoms with Gasteiger partial charge in [-0.05, 0) is 41.4 Å². The molecule has 0 aliphatic carbocycles. The Kier molecular flexibility index (Phi) is 6.33. The fraction of sp³-hybridized carbons (Fsp3) is 0.182. The molecule has 4 nitrogen and oxygen atoms in total. The van der Waals surface area contributed by atoms with Gasteiger partial charge in [-0.25, -0.2) is 0 Å². The second kappa shape index (κ2) is 8.95. The van der Waals surface area contributed by atoms with Crippen LogP contribution in [0.2, 0.25) is 0 Å². The molecule has 148 valence electrons. The van der Waals surface area contributed by atoms with E-state index in [9.17, 15) is 0 Å². The van der Waals surface area contributed by atoms with Crippen molar-refractivity contribution in [3.05, 3.63) is 96.6 Å². The Morgan fingerprint density at radius 2 is 1.28 bits per heavy atom. The molecule has 2 aromatic heterocycles. The van der Waals surface area contributed by atoms with Gasteiger partial charge in [0, 0.05) is 24.8 Å². The smallest absolute Gasteiger partial charge is 0.266 e. The Bertz CT molecular complexity index is 978. The maximum Gasteiger partial charge on any atom is 2.00 e. The summed E-state index contributed by atoms with van der Waals surface area (Å²) in [6.07, 6.45) is 8.71. The molecule has 1 fully saturated rings. The molecule has 3 heterocycles. The third kappa shape index (κ3) is 3.98. The molecule has 0 unspecified atom stereocenters. The normalized spacial score (nSPS) is 15.6. The molecule has 0 saturated carbocycles. The van der Waals surface area contributed by atoms with Gasteiger partial charge in [0.05, 0.1) is 4.08 Å². The first-order chi connectivity index (χ1) is 13.9. The van der Waals surface area contributed by atoms with Gasteiger partial charge in [-0.15, -0.1) is 46.8 Å². The van der Waals surface area contributed by atoms with Crippen LogP contribution >= 0.6 is 23.5 Å². The number of hydrogen-bond donors (Lipinski definition) is 0. The van der Waals surface area contributed by atoms with E-state index in [1.165, 1.54) is 6.42 Å². The second-order valence-corrected chi connectivity index (χ2v) is 9.34. The van der Waals surface area contributed by atoms with Crippen molar-refractivity contribution >= 4 is 23.5 Å². The van der Waals surface area contributed by atoms with Gasteiger partial charge < -0.3 is 0 Å². The molecule has 4 aromatic rings. The molecule has 1 saturated heterocycles. The topological polar surface area (TPSA) is 35.6 Å². The molecular formula is C22H18N4PtS2. The summed E-state index contributed by atoms with van der Waals surface area (Å²) in [5.74, 6) is 2.24. The van der Waals surface area contributed by atoms with Crippen LogP contribution in [0.4, 0.5) is 0 Å². The molecule has 0 radical (unpaired) electrons. The molecular weight excluding hydrogens is 579 g/mol. The quantitative estimate of drug-likeness (QED) is 0.319. The van der Waals surface area contributed by atoms with Crippen molar-refractivity contribution in [1.82, 2.24) is 19.6 Å². The van der Waals surface area contributed by atoms with Crippen LogP contribution in [0, 0.1) is 12.1 Å². The van der Waals surface area contributed by atoms with Gasteiger partial charge in [-0.3, -0.25) is 9.36 Å². The second-order valence-electron chi connectivity index (χ2n) is 6.47. The van der Waals surface area contributed by atoms with E-state index in [0.29, 0.717) is 0 Å². The van der Waals surface area contributed by atoms with Crippen LogP contribution in [0.5, 0.6) is 0 Å². The molecule has 29 heavy (non-hydrogen) atoms. The molecule has 0 atom stereocenters. The van der Waals surface area contributed by atoms with Crippen LogP contribution in [0.15, 0.2) is 73.3 Å². The number of hydrogen-bond acceptors (Lipinski definition) is 4. The van der Waals surface area contributed by atoms with Gasteiger partial charge in [0.15, 0.2) is 0 Å². The number of benzene rings is 2. The SMILES string of the molecule is [Pt+2].[c-]1c(-n2cccn2)cccc1C1(c2[c-]c(-n3cccn3)ccc2)SCCCS1. The molecule has 1 aliphatic heterocycles. The Morgan fingerprint density at radius 3 is 1.72 bits per heavy atom. The van der Waals surface area contributed by atoms with E-state index in [4.69, 9.17) is 0 Å². The van der Waals surface area contributed by atoms with Crippen molar-refractivity contribution in [3.63, 3.8) is 0 Å². The first kappa shape index (κ1) is 20.5. The van der Waals surface area contributed by atoms with Crippen LogP contribution in [0.3, 0.4) is 0 Å². The van der Waals surface area contributed by atoms with Crippen LogP contribution in [-0.4, -0.2) is 31.1 Å². The first-order valence-corrected chi connectivity index (χ1v) is 11.2. The fourth-order valence-electron chi connectivity index (χ4n) is 3.38. The summed E-state index contributed by atoms with van der Waals surface area (Å²) in [4.78, 5) is 0. The van der Waals surface area contributed by atoms with Gasteiger partial charge >= 0.3 is 21.1 Å². The minimum absolute atomic E-state index is 0. The summed E-state index contributed by atoms with van der Waals surface area (Å²) in [6, 6.07) is 23.7. The predicted octanol–water partition coefficient (Wildman–Crippen LogP) is 4.73. The molecule has 0 amide bonds. The Hall–Kier alpha value is -1.75. The summed E-state index contributed by atoms with van der Waals surface area (Å²) >= 11 is 3.94. The summed E-state index contributed by atoms with van der Waals surface area (Å²) < 4.78 is 3.49.